The second kappa shape index (κ2) is 3.72. The van der Waals surface area contributed by atoms with Gasteiger partial charge in [0.1, 0.15) is 0 Å². The van der Waals surface area contributed by atoms with Crippen LogP contribution in [0.2, 0.25) is 0 Å². The Balaban J connectivity index is 1.55. The molecule has 4 atom stereocenters. The van der Waals surface area contributed by atoms with Gasteiger partial charge < -0.3 is 0 Å². The number of hydrogen-bond acceptors (Lipinski definition) is 2. The lowest BCUT2D eigenvalue weighted by atomic mass is 9.95. The van der Waals surface area contributed by atoms with Crippen molar-refractivity contribution in [1.82, 2.24) is 0 Å². The van der Waals surface area contributed by atoms with E-state index in [1.165, 1.54) is 24.1 Å². The van der Waals surface area contributed by atoms with Gasteiger partial charge in [0.25, 0.3) is 0 Å². The van der Waals surface area contributed by atoms with Gasteiger partial charge in [-0.1, -0.05) is 20.8 Å². The number of ketones is 1. The van der Waals surface area contributed by atoms with Crippen molar-refractivity contribution in [2.75, 3.05) is 0 Å². The van der Waals surface area contributed by atoms with Crippen LogP contribution >= 0.6 is 11.3 Å². The third kappa shape index (κ3) is 1.68. The molecule has 0 aromatic carbocycles. The van der Waals surface area contributed by atoms with Crippen LogP contribution in [0.5, 0.6) is 0 Å². The Morgan fingerprint density at radius 3 is 2.32 bits per heavy atom. The monoisotopic (exact) mass is 274 g/mol. The Hall–Kier alpha value is -0.630. The molecule has 0 aliphatic heterocycles. The standard InChI is InChI=1S/C17H22OS/c1-17(2,3)12-7-6-11(19-12)16(18)15-13-9-4-5-10(8-9)14(13)15/h6-7,9-10,13-15H,4-5,8H2,1-3H3. The molecule has 1 aromatic heterocycles. The minimum atomic E-state index is 0.168. The SMILES string of the molecule is CC(C)(C)c1ccc(C(=O)C2C3C4CCC(C4)C23)s1. The molecular formula is C17H22OS. The highest BCUT2D eigenvalue weighted by Gasteiger charge is 2.67. The first-order valence-electron chi connectivity index (χ1n) is 7.61. The second-order valence-electron chi connectivity index (χ2n) is 7.79. The molecule has 19 heavy (non-hydrogen) atoms. The first-order chi connectivity index (χ1) is 8.97. The fourth-order valence-electron chi connectivity index (χ4n) is 4.71. The molecular weight excluding hydrogens is 252 g/mol. The molecule has 0 N–H and O–H groups in total. The molecule has 1 nitrogen and oxygen atoms in total. The van der Waals surface area contributed by atoms with E-state index in [1.54, 1.807) is 11.3 Å². The lowest BCUT2D eigenvalue weighted by molar-refractivity contribution is 0.0948. The van der Waals surface area contributed by atoms with Gasteiger partial charge in [-0.2, -0.15) is 0 Å². The van der Waals surface area contributed by atoms with Gasteiger partial charge in [-0.25, -0.2) is 0 Å². The van der Waals surface area contributed by atoms with Gasteiger partial charge >= 0.3 is 0 Å². The van der Waals surface area contributed by atoms with Crippen LogP contribution in [-0.4, -0.2) is 5.78 Å². The van der Waals surface area contributed by atoms with Gasteiger partial charge in [-0.15, -0.1) is 11.3 Å². The predicted octanol–water partition coefficient (Wildman–Crippen LogP) is 4.52. The van der Waals surface area contributed by atoms with E-state index >= 15 is 0 Å². The van der Waals surface area contributed by atoms with Crippen LogP contribution in [0.1, 0.15) is 54.6 Å². The summed E-state index contributed by atoms with van der Waals surface area (Å²) in [6.45, 7) is 6.66. The molecule has 3 aliphatic rings. The lowest BCUT2D eigenvalue weighted by Crippen LogP contribution is -2.09. The van der Waals surface area contributed by atoms with E-state index in [0.717, 1.165) is 28.5 Å². The Morgan fingerprint density at radius 2 is 1.79 bits per heavy atom. The maximum Gasteiger partial charge on any atom is 0.176 e. The summed E-state index contributed by atoms with van der Waals surface area (Å²) >= 11 is 1.73. The third-order valence-corrected chi connectivity index (χ3v) is 7.15. The van der Waals surface area contributed by atoms with Crippen molar-refractivity contribution in [3.05, 3.63) is 21.9 Å². The van der Waals surface area contributed by atoms with Crippen molar-refractivity contribution < 1.29 is 4.79 Å². The van der Waals surface area contributed by atoms with Gasteiger partial charge in [-0.3, -0.25) is 4.79 Å². The highest BCUT2D eigenvalue weighted by Crippen LogP contribution is 2.70. The molecule has 4 unspecified atom stereocenters. The number of carbonyl (C=O) groups excluding carboxylic acids is 1. The summed E-state index contributed by atoms with van der Waals surface area (Å²) in [5.74, 6) is 4.19. The minimum absolute atomic E-state index is 0.168. The van der Waals surface area contributed by atoms with E-state index in [2.05, 4.69) is 32.9 Å². The van der Waals surface area contributed by atoms with Gasteiger partial charge in [0.15, 0.2) is 5.78 Å². The summed E-state index contributed by atoms with van der Waals surface area (Å²) in [5, 5.41) is 0. The highest BCUT2D eigenvalue weighted by molar-refractivity contribution is 7.14. The van der Waals surface area contributed by atoms with E-state index in [9.17, 15) is 4.79 Å². The molecule has 0 saturated heterocycles. The van der Waals surface area contributed by atoms with Crippen molar-refractivity contribution in [2.45, 2.75) is 45.4 Å². The van der Waals surface area contributed by atoms with Crippen molar-refractivity contribution in [3.63, 3.8) is 0 Å². The summed E-state index contributed by atoms with van der Waals surface area (Å²) in [6.07, 6.45) is 4.22. The Bertz CT molecular complexity index is 520. The lowest BCUT2D eigenvalue weighted by Gasteiger charge is -2.15. The smallest absolute Gasteiger partial charge is 0.176 e. The number of thiophene rings is 1. The third-order valence-electron chi connectivity index (χ3n) is 5.63. The molecule has 1 aromatic rings. The van der Waals surface area contributed by atoms with E-state index in [1.807, 2.05) is 0 Å². The van der Waals surface area contributed by atoms with Crippen LogP contribution < -0.4 is 0 Å². The molecule has 0 spiro atoms. The number of rotatable bonds is 2. The van der Waals surface area contributed by atoms with Crippen LogP contribution in [-0.2, 0) is 5.41 Å². The maximum atomic E-state index is 12.7. The summed E-state index contributed by atoms with van der Waals surface area (Å²) < 4.78 is 0. The van der Waals surface area contributed by atoms with Crippen molar-refractivity contribution >= 4 is 17.1 Å². The zero-order valence-corrected chi connectivity index (χ0v) is 12.8. The molecule has 102 valence electrons. The molecule has 0 amide bonds. The minimum Gasteiger partial charge on any atom is -0.293 e. The Morgan fingerprint density at radius 1 is 1.16 bits per heavy atom. The molecule has 2 heteroatoms. The van der Waals surface area contributed by atoms with Crippen LogP contribution in [0.4, 0.5) is 0 Å². The number of fused-ring (bicyclic) bond motifs is 5. The van der Waals surface area contributed by atoms with Crippen molar-refractivity contribution in [1.29, 1.82) is 0 Å². The first kappa shape index (κ1) is 12.1. The molecule has 3 aliphatic carbocycles. The summed E-state index contributed by atoms with van der Waals surface area (Å²) in [4.78, 5) is 15.0. The molecule has 0 radical (unpaired) electrons. The number of carbonyl (C=O) groups is 1. The zero-order chi connectivity index (χ0) is 13.4. The van der Waals surface area contributed by atoms with Crippen LogP contribution in [0.25, 0.3) is 0 Å². The normalized spacial score (nSPS) is 39.4. The fraction of sp³-hybridized carbons (Fsp3) is 0.706. The van der Waals surface area contributed by atoms with Crippen molar-refractivity contribution in [2.24, 2.45) is 29.6 Å². The average Bonchev–Trinajstić information content (AvgIpc) is 2.78. The molecule has 4 rings (SSSR count). The molecule has 3 fully saturated rings. The quantitative estimate of drug-likeness (QED) is 0.725. The topological polar surface area (TPSA) is 17.1 Å². The first-order valence-corrected chi connectivity index (χ1v) is 8.43. The van der Waals surface area contributed by atoms with E-state index in [0.29, 0.717) is 11.7 Å². The Labute approximate surface area is 119 Å². The van der Waals surface area contributed by atoms with Gasteiger partial charge in [0, 0.05) is 10.8 Å². The number of Topliss-reactive ketones (excluding diaryl/α,β-unsaturated/α-hetero) is 1. The van der Waals surface area contributed by atoms with Crippen LogP contribution in [0.3, 0.4) is 0 Å². The largest absolute Gasteiger partial charge is 0.293 e. The maximum absolute atomic E-state index is 12.7. The van der Waals surface area contributed by atoms with Gasteiger partial charge in [-0.05, 0) is 60.5 Å². The summed E-state index contributed by atoms with van der Waals surface area (Å²) in [7, 11) is 0. The van der Waals surface area contributed by atoms with E-state index in [4.69, 9.17) is 0 Å². The van der Waals surface area contributed by atoms with Gasteiger partial charge in [0.05, 0.1) is 4.88 Å². The van der Waals surface area contributed by atoms with Crippen molar-refractivity contribution in [3.8, 4) is 0 Å². The highest BCUT2D eigenvalue weighted by atomic mass is 32.1. The Kier molecular flexibility index (Phi) is 2.38. The number of hydrogen-bond donors (Lipinski definition) is 0. The fourth-order valence-corrected chi connectivity index (χ4v) is 5.77. The zero-order valence-electron chi connectivity index (χ0n) is 12.0. The van der Waals surface area contributed by atoms with Crippen LogP contribution in [0.15, 0.2) is 12.1 Å². The predicted molar refractivity (Wildman–Crippen MR) is 78.7 cm³/mol. The van der Waals surface area contributed by atoms with Gasteiger partial charge in [0.2, 0.25) is 0 Å². The van der Waals surface area contributed by atoms with E-state index in [-0.39, 0.29) is 5.41 Å². The molecule has 3 saturated carbocycles. The average molecular weight is 274 g/mol. The molecule has 1 heterocycles. The van der Waals surface area contributed by atoms with Crippen LogP contribution in [0, 0.1) is 29.6 Å². The molecule has 2 bridgehead atoms. The summed E-state index contributed by atoms with van der Waals surface area (Å²) in [5.41, 5.74) is 0.168. The second-order valence-corrected chi connectivity index (χ2v) is 8.88. The van der Waals surface area contributed by atoms with E-state index < -0.39 is 0 Å². The summed E-state index contributed by atoms with van der Waals surface area (Å²) in [6, 6.07) is 4.23.